The minimum atomic E-state index is -0.485. The van der Waals surface area contributed by atoms with Crippen LogP contribution in [0.25, 0.3) is 0 Å². The van der Waals surface area contributed by atoms with E-state index < -0.39 is 12.1 Å². The monoisotopic (exact) mass is 513 g/mol. The number of esters is 2. The largest absolute Gasteiger partial charge is 0.493 e. The summed E-state index contributed by atoms with van der Waals surface area (Å²) in [6.45, 7) is 4.93. The van der Waals surface area contributed by atoms with Crippen LogP contribution in [-0.4, -0.2) is 52.0 Å². The number of carbonyl (C=O) groups excluding carboxylic acids is 2. The number of methoxy groups -OCH3 is 2. The molecule has 0 aromatic heterocycles. The summed E-state index contributed by atoms with van der Waals surface area (Å²) in [5.74, 6) is 1.42. The molecule has 0 radical (unpaired) electrons. The molecule has 202 valence electrons. The van der Waals surface area contributed by atoms with Crippen LogP contribution in [0, 0.1) is 5.92 Å². The number of hydrogen-bond acceptors (Lipinski definition) is 8. The molecule has 1 aliphatic rings. The zero-order valence-electron chi connectivity index (χ0n) is 22.3. The quantitative estimate of drug-likeness (QED) is 0.387. The molecule has 0 unspecified atom stereocenters. The highest BCUT2D eigenvalue weighted by atomic mass is 16.6. The van der Waals surface area contributed by atoms with Gasteiger partial charge in [-0.2, -0.15) is 0 Å². The summed E-state index contributed by atoms with van der Waals surface area (Å²) in [6, 6.07) is 12.8. The van der Waals surface area contributed by atoms with Gasteiger partial charge in [-0.25, -0.2) is 4.79 Å². The standard InChI is InChI=1S/C29H39NO7/c1-20(2)18-36-28(31)19-35-23-9-7-8-22(17-23)25(37-29(32)24-10-5-6-15-30-24)13-11-21-12-14-26(33-3)27(16-21)34-4/h7-9,12,14,16-17,20,24-25,30H,5-6,10-11,13,15,18-19H2,1-4H3/t24-,25+/m0/s1. The molecule has 1 N–H and O–H groups in total. The first-order valence-electron chi connectivity index (χ1n) is 12.9. The average molecular weight is 514 g/mol. The first-order chi connectivity index (χ1) is 17.9. The van der Waals surface area contributed by atoms with Gasteiger partial charge < -0.3 is 29.0 Å². The van der Waals surface area contributed by atoms with Gasteiger partial charge in [0.05, 0.1) is 20.8 Å². The first-order valence-corrected chi connectivity index (χ1v) is 12.9. The average Bonchev–Trinajstić information content (AvgIpc) is 2.93. The number of piperidine rings is 1. The van der Waals surface area contributed by atoms with E-state index in [2.05, 4.69) is 5.32 Å². The Bertz CT molecular complexity index is 1020. The Labute approximate surface area is 219 Å². The number of carbonyl (C=O) groups is 2. The minimum absolute atomic E-state index is 0.182. The Morgan fingerprint density at radius 2 is 1.84 bits per heavy atom. The molecule has 0 saturated carbocycles. The van der Waals surface area contributed by atoms with Crippen LogP contribution in [0.3, 0.4) is 0 Å². The van der Waals surface area contributed by atoms with Gasteiger partial charge in [-0.3, -0.25) is 4.79 Å². The zero-order chi connectivity index (χ0) is 26.6. The van der Waals surface area contributed by atoms with Crippen molar-refractivity contribution in [2.45, 2.75) is 58.1 Å². The molecule has 0 aliphatic carbocycles. The summed E-state index contributed by atoms with van der Waals surface area (Å²) in [6.07, 6.45) is 3.56. The predicted octanol–water partition coefficient (Wildman–Crippen LogP) is 4.64. The number of ether oxygens (including phenoxy) is 5. The summed E-state index contributed by atoms with van der Waals surface area (Å²) in [5.41, 5.74) is 1.84. The molecule has 1 fully saturated rings. The van der Waals surface area contributed by atoms with Crippen molar-refractivity contribution in [3.63, 3.8) is 0 Å². The molecular formula is C29H39NO7. The molecule has 0 bridgehead atoms. The fraction of sp³-hybridized carbons (Fsp3) is 0.517. The SMILES string of the molecule is COc1ccc(CC[C@@H](OC(=O)[C@@H]2CCCCN2)c2cccc(OCC(=O)OCC(C)C)c2)cc1OC. The van der Waals surface area contributed by atoms with E-state index in [0.717, 1.165) is 36.9 Å². The zero-order valence-corrected chi connectivity index (χ0v) is 22.3. The Morgan fingerprint density at radius 3 is 2.54 bits per heavy atom. The van der Waals surface area contributed by atoms with Crippen molar-refractivity contribution < 1.29 is 33.3 Å². The Hall–Kier alpha value is -3.26. The van der Waals surface area contributed by atoms with E-state index in [1.165, 1.54) is 0 Å². The molecule has 3 rings (SSSR count). The maximum atomic E-state index is 13.0. The van der Waals surface area contributed by atoms with Crippen molar-refractivity contribution >= 4 is 11.9 Å². The lowest BCUT2D eigenvalue weighted by Gasteiger charge is -2.25. The third-order valence-corrected chi connectivity index (χ3v) is 6.16. The minimum Gasteiger partial charge on any atom is -0.493 e. The topological polar surface area (TPSA) is 92.3 Å². The second kappa shape index (κ2) is 14.5. The van der Waals surface area contributed by atoms with Crippen LogP contribution in [0.1, 0.15) is 56.8 Å². The number of aryl methyl sites for hydroxylation is 1. The summed E-state index contributed by atoms with van der Waals surface area (Å²) in [7, 11) is 3.21. The molecular weight excluding hydrogens is 474 g/mol. The summed E-state index contributed by atoms with van der Waals surface area (Å²) in [5, 5.41) is 3.26. The number of nitrogens with one attached hydrogen (secondary N) is 1. The van der Waals surface area contributed by atoms with Crippen molar-refractivity contribution in [1.82, 2.24) is 5.32 Å². The summed E-state index contributed by atoms with van der Waals surface area (Å²) in [4.78, 5) is 25.0. The summed E-state index contributed by atoms with van der Waals surface area (Å²) < 4.78 is 27.7. The highest BCUT2D eigenvalue weighted by Crippen LogP contribution is 2.31. The lowest BCUT2D eigenvalue weighted by Crippen LogP contribution is -2.41. The Balaban J connectivity index is 1.72. The van der Waals surface area contributed by atoms with Crippen LogP contribution in [-0.2, 0) is 25.5 Å². The lowest BCUT2D eigenvalue weighted by atomic mass is 10.00. The maximum Gasteiger partial charge on any atom is 0.344 e. The van der Waals surface area contributed by atoms with Crippen LogP contribution < -0.4 is 19.5 Å². The van der Waals surface area contributed by atoms with Gasteiger partial charge in [-0.05, 0) is 73.5 Å². The van der Waals surface area contributed by atoms with Crippen LogP contribution in [0.15, 0.2) is 42.5 Å². The Kier molecular flexibility index (Phi) is 11.1. The van der Waals surface area contributed by atoms with Gasteiger partial charge in [0, 0.05) is 0 Å². The van der Waals surface area contributed by atoms with Gasteiger partial charge in [-0.15, -0.1) is 0 Å². The summed E-state index contributed by atoms with van der Waals surface area (Å²) >= 11 is 0. The second-order valence-corrected chi connectivity index (χ2v) is 9.59. The number of benzene rings is 2. The van der Waals surface area contributed by atoms with E-state index in [1.807, 2.05) is 50.2 Å². The van der Waals surface area contributed by atoms with Crippen LogP contribution in [0.5, 0.6) is 17.2 Å². The third kappa shape index (κ3) is 8.97. The first kappa shape index (κ1) is 28.3. The maximum absolute atomic E-state index is 13.0. The third-order valence-electron chi connectivity index (χ3n) is 6.16. The van der Waals surface area contributed by atoms with Crippen LogP contribution in [0.2, 0.25) is 0 Å². The van der Waals surface area contributed by atoms with Crippen molar-refractivity contribution in [2.75, 3.05) is 34.0 Å². The van der Waals surface area contributed by atoms with Crippen LogP contribution >= 0.6 is 0 Å². The Morgan fingerprint density at radius 1 is 1.03 bits per heavy atom. The highest BCUT2D eigenvalue weighted by Gasteiger charge is 2.26. The molecule has 1 heterocycles. The molecule has 0 spiro atoms. The fourth-order valence-corrected chi connectivity index (χ4v) is 4.15. The predicted molar refractivity (Wildman–Crippen MR) is 140 cm³/mol. The van der Waals surface area contributed by atoms with E-state index in [1.54, 1.807) is 20.3 Å². The molecule has 8 heteroatoms. The van der Waals surface area contributed by atoms with Crippen molar-refractivity contribution in [3.8, 4) is 17.2 Å². The molecule has 2 atom stereocenters. The molecule has 2 aromatic rings. The molecule has 0 amide bonds. The van der Waals surface area contributed by atoms with Gasteiger partial charge in [0.1, 0.15) is 17.9 Å². The van der Waals surface area contributed by atoms with E-state index >= 15 is 0 Å². The number of hydrogen-bond donors (Lipinski definition) is 1. The van der Waals surface area contributed by atoms with Gasteiger partial charge >= 0.3 is 11.9 Å². The van der Waals surface area contributed by atoms with E-state index in [9.17, 15) is 9.59 Å². The van der Waals surface area contributed by atoms with Crippen molar-refractivity contribution in [3.05, 3.63) is 53.6 Å². The molecule has 1 saturated heterocycles. The van der Waals surface area contributed by atoms with E-state index in [0.29, 0.717) is 36.7 Å². The molecule has 37 heavy (non-hydrogen) atoms. The smallest absolute Gasteiger partial charge is 0.344 e. The van der Waals surface area contributed by atoms with Gasteiger partial charge in [0.15, 0.2) is 18.1 Å². The second-order valence-electron chi connectivity index (χ2n) is 9.59. The van der Waals surface area contributed by atoms with Crippen molar-refractivity contribution in [2.24, 2.45) is 5.92 Å². The fourth-order valence-electron chi connectivity index (χ4n) is 4.15. The normalized spacial score (nSPS) is 16.1. The molecule has 2 aromatic carbocycles. The highest BCUT2D eigenvalue weighted by molar-refractivity contribution is 5.76. The molecule has 1 aliphatic heterocycles. The van der Waals surface area contributed by atoms with Crippen molar-refractivity contribution in [1.29, 1.82) is 0 Å². The van der Waals surface area contributed by atoms with Gasteiger partial charge in [0.2, 0.25) is 0 Å². The van der Waals surface area contributed by atoms with Gasteiger partial charge in [0.25, 0.3) is 0 Å². The molecule has 8 nitrogen and oxygen atoms in total. The number of rotatable bonds is 13. The lowest BCUT2D eigenvalue weighted by molar-refractivity contribution is -0.153. The van der Waals surface area contributed by atoms with E-state index in [4.69, 9.17) is 23.7 Å². The van der Waals surface area contributed by atoms with E-state index in [-0.39, 0.29) is 24.5 Å². The van der Waals surface area contributed by atoms with Gasteiger partial charge in [-0.1, -0.05) is 38.5 Å². The van der Waals surface area contributed by atoms with Crippen LogP contribution in [0.4, 0.5) is 0 Å².